The first-order valence-corrected chi connectivity index (χ1v) is 14.7. The molecule has 0 fully saturated rings. The Morgan fingerprint density at radius 1 is 0.714 bits per heavy atom. The second kappa shape index (κ2) is 12.3. The first-order chi connectivity index (χ1) is 19.6. The number of aromatic nitrogens is 4. The van der Waals surface area contributed by atoms with Gasteiger partial charge in [-0.1, -0.05) is 27.7 Å². The Morgan fingerprint density at radius 3 is 1.79 bits per heavy atom. The van der Waals surface area contributed by atoms with Gasteiger partial charge in [-0.25, -0.2) is 14.8 Å². The van der Waals surface area contributed by atoms with Crippen LogP contribution in [0.5, 0.6) is 0 Å². The molecule has 0 aliphatic carbocycles. The zero-order valence-electron chi connectivity index (χ0n) is 25.8. The van der Waals surface area contributed by atoms with Crippen LogP contribution in [0.25, 0.3) is 50.4 Å². The summed E-state index contributed by atoms with van der Waals surface area (Å²) in [5.41, 5.74) is 17.9. The van der Waals surface area contributed by atoms with E-state index in [9.17, 15) is 9.90 Å². The number of fused-ring (bicyclic) bond motifs is 8. The van der Waals surface area contributed by atoms with E-state index in [1.807, 2.05) is 0 Å². The van der Waals surface area contributed by atoms with E-state index in [2.05, 4.69) is 83.6 Å². The van der Waals surface area contributed by atoms with Crippen molar-refractivity contribution < 1.29 is 26.4 Å². The molecule has 3 aromatic heterocycles. The summed E-state index contributed by atoms with van der Waals surface area (Å²) in [6, 6.07) is 6.55. The van der Waals surface area contributed by atoms with Gasteiger partial charge < -0.3 is 15.1 Å². The van der Waals surface area contributed by atoms with Gasteiger partial charge in [-0.3, -0.25) is 0 Å². The number of hydrogen-bond acceptors (Lipinski definition) is 3. The number of carboxylic acids is 1. The summed E-state index contributed by atoms with van der Waals surface area (Å²) in [6.07, 6.45) is 6.28. The van der Waals surface area contributed by atoms with Crippen molar-refractivity contribution in [3.05, 3.63) is 74.9 Å². The fourth-order valence-electron chi connectivity index (χ4n) is 6.48. The summed E-state index contributed by atoms with van der Waals surface area (Å²) in [5.74, 6) is -0.996. The Morgan fingerprint density at radius 2 is 1.24 bits per heavy atom. The Balaban J connectivity index is 0.00000405. The molecule has 0 aromatic carbocycles. The molecule has 0 amide bonds. The maximum Gasteiger partial charge on any atom is 2.00 e. The standard InChI is InChI=1S/C35H40N4O2.Ni/c1-9-22-19(6)28-16-32-24(11-3)21(8)34(39-32)26(13-14-33(40)41)35-25(12-4)20(7)29(38-35)17-31-23(10-2)18(5)27(36-31)15-30(22)37-28;/h13-17,36-37H,9-12H2,1-8H3,(H,40,41);/q;+2/b14-13+,27-15?,28-16?,29-17?,30-15?,31-17?,32-16?,34-26?,35-26?;. The first kappa shape index (κ1) is 31.2. The fraction of sp³-hybridized carbons (Fsp3) is 0.343. The zero-order valence-corrected chi connectivity index (χ0v) is 26.8. The Kier molecular flexibility index (Phi) is 9.13. The van der Waals surface area contributed by atoms with Crippen LogP contribution in [0, 0.1) is 13.8 Å². The third-order valence-electron chi connectivity index (χ3n) is 8.77. The molecule has 7 heteroatoms. The van der Waals surface area contributed by atoms with Crippen LogP contribution in [0.4, 0.5) is 0 Å². The molecule has 5 heterocycles. The summed E-state index contributed by atoms with van der Waals surface area (Å²) >= 11 is 0. The summed E-state index contributed by atoms with van der Waals surface area (Å²) in [6.45, 7) is 17.2. The van der Waals surface area contributed by atoms with Gasteiger partial charge in [0.2, 0.25) is 0 Å². The molecule has 0 atom stereocenters. The van der Waals surface area contributed by atoms with Crippen molar-refractivity contribution in [1.82, 2.24) is 19.9 Å². The number of H-pyrrole nitrogens is 2. The summed E-state index contributed by atoms with van der Waals surface area (Å²) in [7, 11) is 0. The predicted octanol–water partition coefficient (Wildman–Crippen LogP) is 8.83. The summed E-state index contributed by atoms with van der Waals surface area (Å²) < 4.78 is 0. The quantitative estimate of drug-likeness (QED) is 0.193. The van der Waals surface area contributed by atoms with Crippen molar-refractivity contribution >= 4 is 56.4 Å². The van der Waals surface area contributed by atoms with Crippen molar-refractivity contribution in [2.45, 2.75) is 81.1 Å². The Labute approximate surface area is 258 Å². The van der Waals surface area contributed by atoms with E-state index >= 15 is 0 Å². The molecule has 3 N–H and O–H groups in total. The summed E-state index contributed by atoms with van der Waals surface area (Å²) in [5, 5.41) is 9.59. The summed E-state index contributed by atoms with van der Waals surface area (Å²) in [4.78, 5) is 29.4. The van der Waals surface area contributed by atoms with Crippen molar-refractivity contribution in [2.24, 2.45) is 0 Å². The smallest absolute Gasteiger partial charge is 0.478 e. The van der Waals surface area contributed by atoms with Crippen molar-refractivity contribution in [3.63, 3.8) is 0 Å². The van der Waals surface area contributed by atoms with Crippen molar-refractivity contribution in [2.75, 3.05) is 0 Å². The molecule has 0 spiro atoms. The van der Waals surface area contributed by atoms with Crippen LogP contribution in [-0.2, 0) is 34.1 Å². The number of carbonyl (C=O) groups is 1. The second-order valence-corrected chi connectivity index (χ2v) is 10.9. The van der Waals surface area contributed by atoms with E-state index < -0.39 is 5.97 Å². The molecule has 6 nitrogen and oxygen atoms in total. The van der Waals surface area contributed by atoms with E-state index in [4.69, 9.17) is 9.97 Å². The molecule has 220 valence electrons. The SMILES string of the molecule is CCC1=C(C)c2nc1cc1[nH]c(cc3[nH]c(cc4nc(c2/C=C/C(=O)O)C(CC)=C4C)c(CC)c3C)c(CC)c1C.[Ni+2]. The molecule has 0 saturated heterocycles. The van der Waals surface area contributed by atoms with Crippen LogP contribution >= 0.6 is 0 Å². The van der Waals surface area contributed by atoms with Crippen LogP contribution in [0.15, 0.2) is 24.3 Å². The van der Waals surface area contributed by atoms with Gasteiger partial charge in [0, 0.05) is 33.7 Å². The monoisotopic (exact) mass is 606 g/mol. The minimum atomic E-state index is -0.996. The molecule has 3 aromatic rings. The molecule has 2 aliphatic heterocycles. The number of hydrogen-bond donors (Lipinski definition) is 3. The van der Waals surface area contributed by atoms with E-state index in [1.165, 1.54) is 28.3 Å². The Bertz CT molecular complexity index is 1850. The number of allylic oxidation sites excluding steroid dienone is 4. The van der Waals surface area contributed by atoms with E-state index in [0.29, 0.717) is 0 Å². The molecular weight excluding hydrogens is 567 g/mol. The topological polar surface area (TPSA) is 94.7 Å². The van der Waals surface area contributed by atoms with Gasteiger partial charge in [-0.15, -0.1) is 0 Å². The van der Waals surface area contributed by atoms with Gasteiger partial charge in [-0.05, 0) is 122 Å². The molecule has 42 heavy (non-hydrogen) atoms. The van der Waals surface area contributed by atoms with Crippen LogP contribution in [0.3, 0.4) is 0 Å². The minimum absolute atomic E-state index is 0. The zero-order chi connectivity index (χ0) is 29.6. The van der Waals surface area contributed by atoms with Crippen molar-refractivity contribution in [1.29, 1.82) is 0 Å². The Hall–Kier alpha value is -3.70. The van der Waals surface area contributed by atoms with Crippen LogP contribution in [0.1, 0.15) is 105 Å². The second-order valence-electron chi connectivity index (χ2n) is 10.9. The van der Waals surface area contributed by atoms with E-state index in [1.54, 1.807) is 6.08 Å². The van der Waals surface area contributed by atoms with Gasteiger partial charge in [-0.2, -0.15) is 0 Å². The maximum atomic E-state index is 11.7. The van der Waals surface area contributed by atoms with Gasteiger partial charge in [0.05, 0.1) is 22.8 Å². The molecule has 8 bridgehead atoms. The molecule has 2 aliphatic rings. The third-order valence-corrected chi connectivity index (χ3v) is 8.77. The number of carboxylic acid groups (broad SMARTS) is 1. The average molecular weight is 607 g/mol. The normalized spacial score (nSPS) is 13.3. The van der Waals surface area contributed by atoms with Crippen LogP contribution in [-0.4, -0.2) is 31.0 Å². The molecule has 0 saturated carbocycles. The predicted molar refractivity (Wildman–Crippen MR) is 171 cm³/mol. The van der Waals surface area contributed by atoms with Gasteiger partial charge >= 0.3 is 22.5 Å². The number of aromatic amines is 2. The minimum Gasteiger partial charge on any atom is -0.478 e. The molecular formula is C35H40N4NiO2+2. The van der Waals surface area contributed by atoms with Crippen LogP contribution < -0.4 is 0 Å². The average Bonchev–Trinajstić information content (AvgIpc) is 3.61. The maximum absolute atomic E-state index is 11.7. The first-order valence-electron chi connectivity index (χ1n) is 14.7. The van der Waals surface area contributed by atoms with E-state index in [-0.39, 0.29) is 16.5 Å². The molecule has 5 rings (SSSR count). The third kappa shape index (κ3) is 5.20. The fourth-order valence-corrected chi connectivity index (χ4v) is 6.48. The number of nitrogens with one attached hydrogen (secondary N) is 2. The van der Waals surface area contributed by atoms with Gasteiger partial charge in [0.25, 0.3) is 0 Å². The van der Waals surface area contributed by atoms with Crippen molar-refractivity contribution in [3.8, 4) is 0 Å². The number of nitrogens with zero attached hydrogens (tertiary/aromatic N) is 2. The van der Waals surface area contributed by atoms with E-state index in [0.717, 1.165) is 98.4 Å². The van der Waals surface area contributed by atoms with Crippen LogP contribution in [0.2, 0.25) is 0 Å². The van der Waals surface area contributed by atoms with Gasteiger partial charge in [0.15, 0.2) is 0 Å². The van der Waals surface area contributed by atoms with Gasteiger partial charge in [0.1, 0.15) is 0 Å². The largest absolute Gasteiger partial charge is 2.00 e. The number of aryl methyl sites for hydroxylation is 4. The number of aliphatic carboxylic acids is 1. The number of rotatable bonds is 6. The molecule has 0 unspecified atom stereocenters. The molecule has 0 radical (unpaired) electrons.